The van der Waals surface area contributed by atoms with E-state index in [-0.39, 0.29) is 0 Å². The number of ether oxygens (including phenoxy) is 1. The van der Waals surface area contributed by atoms with E-state index in [9.17, 15) is 9.18 Å². The van der Waals surface area contributed by atoms with Gasteiger partial charge in [0.05, 0.1) is 25.3 Å². The fourth-order valence-corrected chi connectivity index (χ4v) is 3.39. The minimum Gasteiger partial charge on any atom is -0.496 e. The molecule has 28 heavy (non-hydrogen) atoms. The Bertz CT molecular complexity index is 941. The van der Waals surface area contributed by atoms with Gasteiger partial charge in [-0.3, -0.25) is 4.79 Å². The number of hydrogen-bond donors (Lipinski definition) is 1. The van der Waals surface area contributed by atoms with E-state index < -0.39 is 11.7 Å². The van der Waals surface area contributed by atoms with Gasteiger partial charge in [0.2, 0.25) is 0 Å². The highest BCUT2D eigenvalue weighted by molar-refractivity contribution is 7.97. The lowest BCUT2D eigenvalue weighted by molar-refractivity contribution is 0.0955. The Morgan fingerprint density at radius 2 is 2.04 bits per heavy atom. The molecule has 1 aromatic heterocycles. The Morgan fingerprint density at radius 1 is 1.21 bits per heavy atom. The molecule has 0 atom stereocenters. The minimum absolute atomic E-state index is 0.336. The summed E-state index contributed by atoms with van der Waals surface area (Å²) in [6.45, 7) is 0. The van der Waals surface area contributed by atoms with Gasteiger partial charge in [-0.25, -0.2) is 9.82 Å². The second-order valence-electron chi connectivity index (χ2n) is 5.85. The highest BCUT2D eigenvalue weighted by Gasteiger charge is 2.06. The number of benzene rings is 2. The SMILES string of the molecule is COc1ccc(/C=N\NC(=O)c2ccc(F)cc2)cc1CSCc1ccco1. The molecule has 3 rings (SSSR count). The van der Waals surface area contributed by atoms with Crippen LogP contribution in [0.25, 0.3) is 0 Å². The van der Waals surface area contributed by atoms with Crippen LogP contribution < -0.4 is 10.2 Å². The molecule has 0 saturated carbocycles. The zero-order valence-corrected chi connectivity index (χ0v) is 16.0. The Balaban J connectivity index is 1.60. The topological polar surface area (TPSA) is 63.8 Å². The Kier molecular flexibility index (Phi) is 6.86. The summed E-state index contributed by atoms with van der Waals surface area (Å²) in [7, 11) is 1.63. The second-order valence-corrected chi connectivity index (χ2v) is 6.84. The lowest BCUT2D eigenvalue weighted by Crippen LogP contribution is -2.17. The second kappa shape index (κ2) is 9.75. The van der Waals surface area contributed by atoms with Crippen molar-refractivity contribution in [2.45, 2.75) is 11.5 Å². The van der Waals surface area contributed by atoms with Crippen molar-refractivity contribution in [2.24, 2.45) is 5.10 Å². The molecule has 0 unspecified atom stereocenters. The van der Waals surface area contributed by atoms with Gasteiger partial charge in [-0.05, 0) is 60.2 Å². The van der Waals surface area contributed by atoms with E-state index in [1.54, 1.807) is 31.3 Å². The van der Waals surface area contributed by atoms with Crippen LogP contribution in [0.3, 0.4) is 0 Å². The molecule has 7 heteroatoms. The smallest absolute Gasteiger partial charge is 0.271 e. The number of rotatable bonds is 8. The number of thioether (sulfide) groups is 1. The summed E-state index contributed by atoms with van der Waals surface area (Å²) in [5.41, 5.74) is 4.62. The third-order valence-electron chi connectivity index (χ3n) is 3.87. The predicted octanol–water partition coefficient (Wildman–Crippen LogP) is 4.62. The van der Waals surface area contributed by atoms with Crippen LogP contribution in [0.15, 0.2) is 70.4 Å². The Hall–Kier alpha value is -3.06. The van der Waals surface area contributed by atoms with E-state index in [0.29, 0.717) is 5.56 Å². The summed E-state index contributed by atoms with van der Waals surface area (Å²) in [5.74, 6) is 2.43. The first-order valence-electron chi connectivity index (χ1n) is 8.51. The van der Waals surface area contributed by atoms with Crippen molar-refractivity contribution in [2.75, 3.05) is 7.11 Å². The van der Waals surface area contributed by atoms with Gasteiger partial charge in [-0.1, -0.05) is 0 Å². The van der Waals surface area contributed by atoms with Crippen molar-refractivity contribution < 1.29 is 18.3 Å². The molecule has 0 aliphatic rings. The molecule has 0 aliphatic heterocycles. The molecular weight excluding hydrogens is 379 g/mol. The number of hydrazone groups is 1. The number of halogens is 1. The summed E-state index contributed by atoms with van der Waals surface area (Å²) in [6.07, 6.45) is 3.22. The number of nitrogens with zero attached hydrogens (tertiary/aromatic N) is 1. The number of methoxy groups -OCH3 is 1. The summed E-state index contributed by atoms with van der Waals surface area (Å²) in [5, 5.41) is 3.98. The molecule has 0 aliphatic carbocycles. The largest absolute Gasteiger partial charge is 0.496 e. The van der Waals surface area contributed by atoms with Crippen molar-refractivity contribution in [3.63, 3.8) is 0 Å². The van der Waals surface area contributed by atoms with Crippen LogP contribution in [0, 0.1) is 5.82 Å². The summed E-state index contributed by atoms with van der Waals surface area (Å²) in [6, 6.07) is 14.8. The molecule has 0 radical (unpaired) electrons. The third-order valence-corrected chi connectivity index (χ3v) is 4.88. The van der Waals surface area contributed by atoms with Gasteiger partial charge in [0.25, 0.3) is 5.91 Å². The van der Waals surface area contributed by atoms with Gasteiger partial charge in [0.15, 0.2) is 0 Å². The van der Waals surface area contributed by atoms with Gasteiger partial charge in [0.1, 0.15) is 17.3 Å². The lowest BCUT2D eigenvalue weighted by atomic mass is 10.1. The van der Waals surface area contributed by atoms with E-state index in [4.69, 9.17) is 9.15 Å². The first kappa shape index (κ1) is 19.7. The van der Waals surface area contributed by atoms with Gasteiger partial charge < -0.3 is 9.15 Å². The first-order chi connectivity index (χ1) is 13.7. The molecule has 0 bridgehead atoms. The van der Waals surface area contributed by atoms with E-state index in [1.807, 2.05) is 30.3 Å². The van der Waals surface area contributed by atoms with Crippen molar-refractivity contribution in [1.82, 2.24) is 5.43 Å². The molecule has 1 amide bonds. The number of carbonyl (C=O) groups is 1. The van der Waals surface area contributed by atoms with Crippen molar-refractivity contribution in [3.05, 3.63) is 89.1 Å². The number of nitrogens with one attached hydrogen (secondary N) is 1. The third kappa shape index (κ3) is 5.47. The van der Waals surface area contributed by atoms with Crippen molar-refractivity contribution in [1.29, 1.82) is 0 Å². The minimum atomic E-state index is -0.404. The molecule has 144 valence electrons. The lowest BCUT2D eigenvalue weighted by Gasteiger charge is -2.09. The number of furan rings is 1. The maximum absolute atomic E-state index is 12.9. The van der Waals surface area contributed by atoms with E-state index in [1.165, 1.54) is 24.3 Å². The van der Waals surface area contributed by atoms with Crippen LogP contribution in [-0.4, -0.2) is 19.2 Å². The normalized spacial score (nSPS) is 10.9. The van der Waals surface area contributed by atoms with Crippen LogP contribution >= 0.6 is 11.8 Å². The standard InChI is InChI=1S/C21H19FN2O3S/c1-26-20-9-4-15(11-17(20)13-28-14-19-3-2-10-27-19)12-23-24-21(25)16-5-7-18(22)8-6-16/h2-12H,13-14H2,1H3,(H,24,25)/b23-12-. The molecule has 0 saturated heterocycles. The molecule has 1 heterocycles. The number of amides is 1. The van der Waals surface area contributed by atoms with E-state index in [2.05, 4.69) is 10.5 Å². The average Bonchev–Trinajstić information content (AvgIpc) is 3.22. The van der Waals surface area contributed by atoms with Crippen LogP contribution in [0.4, 0.5) is 4.39 Å². The zero-order valence-electron chi connectivity index (χ0n) is 15.2. The van der Waals surface area contributed by atoms with Crippen molar-refractivity contribution >= 4 is 23.9 Å². The molecule has 3 aromatic rings. The maximum atomic E-state index is 12.9. The molecule has 1 N–H and O–H groups in total. The average molecular weight is 398 g/mol. The Labute approximate surface area is 166 Å². The first-order valence-corrected chi connectivity index (χ1v) is 9.67. The summed E-state index contributed by atoms with van der Waals surface area (Å²) in [4.78, 5) is 12.0. The van der Waals surface area contributed by atoms with Crippen LogP contribution in [0.2, 0.25) is 0 Å². The van der Waals surface area contributed by atoms with Gasteiger partial charge in [0, 0.05) is 16.9 Å². The fraction of sp³-hybridized carbons (Fsp3) is 0.143. The molecular formula is C21H19FN2O3S. The zero-order chi connectivity index (χ0) is 19.8. The highest BCUT2D eigenvalue weighted by Crippen LogP contribution is 2.26. The van der Waals surface area contributed by atoms with Gasteiger partial charge in [-0.2, -0.15) is 5.10 Å². The molecule has 5 nitrogen and oxygen atoms in total. The quantitative estimate of drug-likeness (QED) is 0.444. The fourth-order valence-electron chi connectivity index (χ4n) is 2.48. The van der Waals surface area contributed by atoms with Crippen LogP contribution in [0.5, 0.6) is 5.75 Å². The molecule has 2 aromatic carbocycles. The molecule has 0 fully saturated rings. The number of carbonyl (C=O) groups excluding carboxylic acids is 1. The summed E-state index contributed by atoms with van der Waals surface area (Å²) >= 11 is 1.71. The van der Waals surface area contributed by atoms with Crippen molar-refractivity contribution in [3.8, 4) is 5.75 Å². The van der Waals surface area contributed by atoms with Crippen LogP contribution in [-0.2, 0) is 11.5 Å². The Morgan fingerprint density at radius 3 is 2.75 bits per heavy atom. The monoisotopic (exact) mass is 398 g/mol. The van der Waals surface area contributed by atoms with E-state index in [0.717, 1.165) is 34.1 Å². The van der Waals surface area contributed by atoms with Gasteiger partial charge in [-0.15, -0.1) is 11.8 Å². The highest BCUT2D eigenvalue weighted by atomic mass is 32.2. The predicted molar refractivity (Wildman–Crippen MR) is 108 cm³/mol. The summed E-state index contributed by atoms with van der Waals surface area (Å²) < 4.78 is 23.7. The molecule has 0 spiro atoms. The maximum Gasteiger partial charge on any atom is 0.271 e. The van der Waals surface area contributed by atoms with Crippen LogP contribution in [0.1, 0.15) is 27.2 Å². The van der Waals surface area contributed by atoms with E-state index >= 15 is 0 Å². The van der Waals surface area contributed by atoms with Gasteiger partial charge >= 0.3 is 0 Å². The number of hydrogen-bond acceptors (Lipinski definition) is 5.